The van der Waals surface area contributed by atoms with Gasteiger partial charge in [-0.15, -0.1) is 0 Å². The van der Waals surface area contributed by atoms with Crippen molar-refractivity contribution < 1.29 is 0 Å². The topological polar surface area (TPSA) is 69.8 Å². The Labute approximate surface area is 146 Å². The first-order valence-electron chi connectivity index (χ1n) is 8.59. The Morgan fingerprint density at radius 2 is 1.44 bits per heavy atom. The summed E-state index contributed by atoms with van der Waals surface area (Å²) in [5.74, 6) is 0.509. The van der Waals surface area contributed by atoms with E-state index in [0.29, 0.717) is 5.95 Å². The molecule has 0 saturated carbocycles. The van der Waals surface area contributed by atoms with Crippen molar-refractivity contribution in [3.63, 3.8) is 0 Å². The fourth-order valence-corrected chi connectivity index (χ4v) is 3.12. The fraction of sp³-hybridized carbons (Fsp3) is 0.200. The number of nitrogens with one attached hydrogen (secondary N) is 3. The Hall–Kier alpha value is -3.08. The van der Waals surface area contributed by atoms with Crippen LogP contribution in [0.4, 0.5) is 23.0 Å². The van der Waals surface area contributed by atoms with Crippen molar-refractivity contribution in [2.45, 2.75) is 25.7 Å². The first-order chi connectivity index (χ1) is 12.3. The molecule has 3 aromatic rings. The Morgan fingerprint density at radius 1 is 0.800 bits per heavy atom. The highest BCUT2D eigenvalue weighted by atomic mass is 16.1. The number of aryl methyl sites for hydroxylation is 1. The molecule has 1 aromatic heterocycles. The highest BCUT2D eigenvalue weighted by Gasteiger charge is 2.15. The zero-order valence-electron chi connectivity index (χ0n) is 13.9. The van der Waals surface area contributed by atoms with E-state index >= 15 is 0 Å². The number of aromatic amines is 1. The lowest BCUT2D eigenvalue weighted by Gasteiger charge is -2.15. The first-order valence-corrected chi connectivity index (χ1v) is 8.59. The lowest BCUT2D eigenvalue weighted by molar-refractivity contribution is 0.658. The number of para-hydroxylation sites is 1. The Balaban J connectivity index is 1.50. The van der Waals surface area contributed by atoms with Crippen LogP contribution >= 0.6 is 0 Å². The average Bonchev–Trinajstić information content (AvgIpc) is 2.64. The van der Waals surface area contributed by atoms with E-state index in [-0.39, 0.29) is 5.56 Å². The molecule has 4 rings (SSSR count). The molecule has 1 heterocycles. The lowest BCUT2D eigenvalue weighted by atomic mass is 9.97. The van der Waals surface area contributed by atoms with Gasteiger partial charge in [0, 0.05) is 22.6 Å². The van der Waals surface area contributed by atoms with E-state index in [9.17, 15) is 4.79 Å². The van der Waals surface area contributed by atoms with E-state index in [4.69, 9.17) is 0 Å². The van der Waals surface area contributed by atoms with Gasteiger partial charge in [0.1, 0.15) is 0 Å². The number of rotatable bonds is 4. The van der Waals surface area contributed by atoms with Crippen molar-refractivity contribution >= 4 is 23.0 Å². The zero-order valence-corrected chi connectivity index (χ0v) is 13.9. The van der Waals surface area contributed by atoms with Crippen LogP contribution in [0.3, 0.4) is 0 Å². The van der Waals surface area contributed by atoms with E-state index in [1.165, 1.54) is 0 Å². The van der Waals surface area contributed by atoms with Gasteiger partial charge in [0.15, 0.2) is 0 Å². The summed E-state index contributed by atoms with van der Waals surface area (Å²) in [6, 6.07) is 17.9. The van der Waals surface area contributed by atoms with Crippen LogP contribution in [0.25, 0.3) is 0 Å². The largest absolute Gasteiger partial charge is 0.356 e. The third-order valence-electron chi connectivity index (χ3n) is 4.40. The molecule has 5 heteroatoms. The number of hydrogen-bond donors (Lipinski definition) is 3. The third-order valence-corrected chi connectivity index (χ3v) is 4.40. The third kappa shape index (κ3) is 3.55. The van der Waals surface area contributed by atoms with Gasteiger partial charge in [-0.3, -0.25) is 9.78 Å². The molecule has 0 bridgehead atoms. The molecule has 0 fully saturated rings. The molecule has 25 heavy (non-hydrogen) atoms. The molecule has 0 aliphatic heterocycles. The minimum absolute atomic E-state index is 0.0189. The van der Waals surface area contributed by atoms with Crippen molar-refractivity contribution in [3.05, 3.63) is 76.2 Å². The van der Waals surface area contributed by atoms with E-state index in [2.05, 4.69) is 20.6 Å². The number of anilines is 4. The predicted octanol–water partition coefficient (Wildman–Crippen LogP) is 4.14. The monoisotopic (exact) mass is 332 g/mol. The number of aromatic nitrogens is 2. The maximum Gasteiger partial charge on any atom is 0.255 e. The van der Waals surface area contributed by atoms with Crippen molar-refractivity contribution in [2.75, 3.05) is 10.6 Å². The van der Waals surface area contributed by atoms with Gasteiger partial charge in [0.2, 0.25) is 5.95 Å². The quantitative estimate of drug-likeness (QED) is 0.672. The van der Waals surface area contributed by atoms with Crippen molar-refractivity contribution in [3.8, 4) is 0 Å². The zero-order chi connectivity index (χ0) is 17.1. The van der Waals surface area contributed by atoms with Crippen molar-refractivity contribution in [2.24, 2.45) is 0 Å². The Bertz CT molecular complexity index is 917. The second-order valence-electron chi connectivity index (χ2n) is 6.24. The average molecular weight is 332 g/mol. The smallest absolute Gasteiger partial charge is 0.255 e. The van der Waals surface area contributed by atoms with Gasteiger partial charge in [-0.25, -0.2) is 4.98 Å². The van der Waals surface area contributed by atoms with Gasteiger partial charge in [-0.2, -0.15) is 0 Å². The molecule has 5 nitrogen and oxygen atoms in total. The molecule has 126 valence electrons. The van der Waals surface area contributed by atoms with Gasteiger partial charge in [0.25, 0.3) is 5.56 Å². The van der Waals surface area contributed by atoms with Gasteiger partial charge in [-0.1, -0.05) is 18.2 Å². The first kappa shape index (κ1) is 15.4. The molecular formula is C20H20N4O. The summed E-state index contributed by atoms with van der Waals surface area (Å²) in [5, 5.41) is 6.54. The standard InChI is InChI=1S/C20H20N4O/c25-19-17-8-4-5-9-18(17)23-20(24-19)22-16-12-10-15(11-13-16)21-14-6-2-1-3-7-14/h1-3,6-7,10-13,21H,4-5,8-9H2,(H2,22,23,24,25). The fourth-order valence-electron chi connectivity index (χ4n) is 3.12. The summed E-state index contributed by atoms with van der Waals surface area (Å²) < 4.78 is 0. The number of benzene rings is 2. The summed E-state index contributed by atoms with van der Waals surface area (Å²) in [6.07, 6.45) is 3.88. The minimum atomic E-state index is -0.0189. The van der Waals surface area contributed by atoms with Crippen LogP contribution in [0.1, 0.15) is 24.1 Å². The van der Waals surface area contributed by atoms with E-state index in [1.807, 2.05) is 54.6 Å². The SMILES string of the molecule is O=c1[nH]c(Nc2ccc(Nc3ccccc3)cc2)nc2c1CCCC2. The number of H-pyrrole nitrogens is 1. The van der Waals surface area contributed by atoms with Gasteiger partial charge in [-0.05, 0) is 62.1 Å². The molecule has 2 aromatic carbocycles. The number of fused-ring (bicyclic) bond motifs is 1. The van der Waals surface area contributed by atoms with Crippen LogP contribution < -0.4 is 16.2 Å². The van der Waals surface area contributed by atoms with E-state index < -0.39 is 0 Å². The normalized spacial score (nSPS) is 13.1. The molecule has 1 aliphatic rings. The number of hydrogen-bond acceptors (Lipinski definition) is 4. The van der Waals surface area contributed by atoms with Crippen LogP contribution in [-0.4, -0.2) is 9.97 Å². The van der Waals surface area contributed by atoms with Crippen molar-refractivity contribution in [1.29, 1.82) is 0 Å². The summed E-state index contributed by atoms with van der Waals surface area (Å²) in [7, 11) is 0. The lowest BCUT2D eigenvalue weighted by Crippen LogP contribution is -2.22. The highest BCUT2D eigenvalue weighted by Crippen LogP contribution is 2.21. The minimum Gasteiger partial charge on any atom is -0.356 e. The second kappa shape index (κ2) is 6.81. The summed E-state index contributed by atoms with van der Waals surface area (Å²) in [4.78, 5) is 19.6. The van der Waals surface area contributed by atoms with Crippen LogP contribution in [0, 0.1) is 0 Å². The van der Waals surface area contributed by atoms with Gasteiger partial charge in [0.05, 0.1) is 5.69 Å². The predicted molar refractivity (Wildman–Crippen MR) is 101 cm³/mol. The maximum absolute atomic E-state index is 12.2. The van der Waals surface area contributed by atoms with Crippen molar-refractivity contribution in [1.82, 2.24) is 9.97 Å². The second-order valence-corrected chi connectivity index (χ2v) is 6.24. The highest BCUT2D eigenvalue weighted by molar-refractivity contribution is 5.64. The van der Waals surface area contributed by atoms with Gasteiger partial charge >= 0.3 is 0 Å². The molecule has 0 radical (unpaired) electrons. The van der Waals surface area contributed by atoms with E-state index in [0.717, 1.165) is 54.0 Å². The molecule has 0 spiro atoms. The van der Waals surface area contributed by atoms with Crippen LogP contribution in [0.2, 0.25) is 0 Å². The van der Waals surface area contributed by atoms with E-state index in [1.54, 1.807) is 0 Å². The number of nitrogens with zero attached hydrogens (tertiary/aromatic N) is 1. The maximum atomic E-state index is 12.2. The molecule has 0 atom stereocenters. The summed E-state index contributed by atoms with van der Waals surface area (Å²) in [5.41, 5.74) is 4.69. The van der Waals surface area contributed by atoms with Crippen LogP contribution in [-0.2, 0) is 12.8 Å². The van der Waals surface area contributed by atoms with Crippen LogP contribution in [0.15, 0.2) is 59.4 Å². The molecule has 0 amide bonds. The molecule has 0 saturated heterocycles. The summed E-state index contributed by atoms with van der Waals surface area (Å²) in [6.45, 7) is 0. The Morgan fingerprint density at radius 3 is 2.20 bits per heavy atom. The van der Waals surface area contributed by atoms with Gasteiger partial charge < -0.3 is 10.6 Å². The molecule has 1 aliphatic carbocycles. The van der Waals surface area contributed by atoms with Crippen LogP contribution in [0.5, 0.6) is 0 Å². The summed E-state index contributed by atoms with van der Waals surface area (Å²) >= 11 is 0. The molecule has 3 N–H and O–H groups in total. The Kier molecular flexibility index (Phi) is 4.21. The molecular weight excluding hydrogens is 312 g/mol. The molecule has 0 unspecified atom stereocenters.